The second-order valence-corrected chi connectivity index (χ2v) is 8.83. The van der Waals surface area contributed by atoms with Gasteiger partial charge in [0.25, 0.3) is 0 Å². The first-order valence-electron chi connectivity index (χ1n) is 9.78. The van der Waals surface area contributed by atoms with Gasteiger partial charge in [-0.2, -0.15) is 5.26 Å². The number of nitrogens with zero attached hydrogens (tertiary/aromatic N) is 1. The fraction of sp³-hybridized carbons (Fsp3) is 0.850. The van der Waals surface area contributed by atoms with Crippen molar-refractivity contribution in [1.82, 2.24) is 0 Å². The molecule has 1 saturated carbocycles. The molecular formula is C20H29NO5. The van der Waals surface area contributed by atoms with E-state index in [1.165, 1.54) is 0 Å². The van der Waals surface area contributed by atoms with Gasteiger partial charge in [-0.1, -0.05) is 20.4 Å². The zero-order valence-electron chi connectivity index (χ0n) is 15.8. The maximum atomic E-state index is 10.3. The Bertz CT molecular complexity index is 632. The largest absolute Gasteiger partial charge is 0.388 e. The van der Waals surface area contributed by atoms with E-state index in [1.807, 2.05) is 13.0 Å². The predicted molar refractivity (Wildman–Crippen MR) is 92.2 cm³/mol. The van der Waals surface area contributed by atoms with E-state index in [2.05, 4.69) is 20.4 Å². The number of aliphatic hydroxyl groups excluding tert-OH is 1. The minimum atomic E-state index is -0.893. The number of fused-ring (bicyclic) bond motifs is 2. The highest BCUT2D eigenvalue weighted by Gasteiger charge is 2.69. The summed E-state index contributed by atoms with van der Waals surface area (Å²) in [5, 5.41) is 19.3. The number of hydrogen-bond donors (Lipinski definition) is 1. The second kappa shape index (κ2) is 6.29. The molecule has 1 spiro atoms. The zero-order chi connectivity index (χ0) is 18.7. The fourth-order valence-electron chi connectivity index (χ4n) is 5.68. The van der Waals surface area contributed by atoms with Crippen molar-refractivity contribution in [3.05, 3.63) is 12.2 Å². The van der Waals surface area contributed by atoms with E-state index in [0.717, 1.165) is 25.7 Å². The minimum absolute atomic E-state index is 0.164. The first-order valence-corrected chi connectivity index (χ1v) is 9.78. The zero-order valence-corrected chi connectivity index (χ0v) is 15.8. The molecule has 4 saturated heterocycles. The third-order valence-corrected chi connectivity index (χ3v) is 7.30. The van der Waals surface area contributed by atoms with Crippen LogP contribution in [-0.2, 0) is 19.2 Å². The summed E-state index contributed by atoms with van der Waals surface area (Å²) in [5.74, 6) is 0.461. The van der Waals surface area contributed by atoms with Gasteiger partial charge in [0.2, 0.25) is 5.79 Å². The summed E-state index contributed by atoms with van der Waals surface area (Å²) in [6, 6.07) is 1.94. The van der Waals surface area contributed by atoms with Crippen molar-refractivity contribution >= 4 is 0 Å². The molecule has 0 radical (unpaired) electrons. The summed E-state index contributed by atoms with van der Waals surface area (Å²) in [7, 11) is 0. The van der Waals surface area contributed by atoms with Gasteiger partial charge < -0.3 is 14.6 Å². The van der Waals surface area contributed by atoms with E-state index >= 15 is 0 Å². The molecule has 9 atom stereocenters. The number of rotatable bonds is 3. The van der Waals surface area contributed by atoms with Gasteiger partial charge in [-0.05, 0) is 43.9 Å². The van der Waals surface area contributed by atoms with E-state index in [0.29, 0.717) is 18.3 Å². The van der Waals surface area contributed by atoms with Gasteiger partial charge in [0.15, 0.2) is 11.9 Å². The standard InChI is InChI=1S/C20H29NO5/c1-11-5-6-15-13(3)17(9-16(22)12(2)10-21)23-18-20(15)14(11)7-8-19(4,24-18)25-26-20/h11,13-18,22H,2,5-9H2,1,3-4H3/t11-,13-,14+,15+,16-,17-,18-,19-,20-/m1/s1. The Balaban J connectivity index is 1.66. The van der Waals surface area contributed by atoms with E-state index in [4.69, 9.17) is 24.5 Å². The average molecular weight is 363 g/mol. The predicted octanol–water partition coefficient (Wildman–Crippen LogP) is 3.07. The molecule has 0 aromatic carbocycles. The van der Waals surface area contributed by atoms with Crippen LogP contribution in [0.2, 0.25) is 0 Å². The van der Waals surface area contributed by atoms with Crippen LogP contribution < -0.4 is 0 Å². The van der Waals surface area contributed by atoms with Crippen molar-refractivity contribution < 1.29 is 24.4 Å². The molecule has 2 bridgehead atoms. The molecule has 4 aliphatic heterocycles. The van der Waals surface area contributed by atoms with Crippen molar-refractivity contribution in [1.29, 1.82) is 5.26 Å². The lowest BCUT2D eigenvalue weighted by atomic mass is 9.57. The van der Waals surface area contributed by atoms with Crippen LogP contribution in [0.1, 0.15) is 52.9 Å². The van der Waals surface area contributed by atoms with E-state index < -0.39 is 23.8 Å². The Labute approximate surface area is 155 Å². The fourth-order valence-corrected chi connectivity index (χ4v) is 5.68. The average Bonchev–Trinajstić information content (AvgIpc) is 2.84. The van der Waals surface area contributed by atoms with Gasteiger partial charge in [-0.25, -0.2) is 9.78 Å². The normalized spacial score (nSPS) is 51.0. The van der Waals surface area contributed by atoms with Crippen LogP contribution in [0, 0.1) is 35.0 Å². The maximum absolute atomic E-state index is 10.3. The van der Waals surface area contributed by atoms with Crippen LogP contribution in [0.4, 0.5) is 0 Å². The molecule has 5 fully saturated rings. The Hall–Kier alpha value is -0.970. The van der Waals surface area contributed by atoms with Crippen LogP contribution >= 0.6 is 0 Å². The van der Waals surface area contributed by atoms with Crippen molar-refractivity contribution in [3.63, 3.8) is 0 Å². The quantitative estimate of drug-likeness (QED) is 0.613. The van der Waals surface area contributed by atoms with Gasteiger partial charge in [-0.15, -0.1) is 0 Å². The van der Waals surface area contributed by atoms with E-state index in [9.17, 15) is 5.11 Å². The molecule has 4 heterocycles. The van der Waals surface area contributed by atoms with Crippen molar-refractivity contribution in [2.45, 2.75) is 82.8 Å². The Morgan fingerprint density at radius 3 is 2.77 bits per heavy atom. The van der Waals surface area contributed by atoms with Gasteiger partial charge in [0.05, 0.1) is 23.9 Å². The molecule has 1 N–H and O–H groups in total. The van der Waals surface area contributed by atoms with Gasteiger partial charge in [0.1, 0.15) is 0 Å². The van der Waals surface area contributed by atoms with Crippen LogP contribution in [0.15, 0.2) is 12.2 Å². The summed E-state index contributed by atoms with van der Waals surface area (Å²) in [6.45, 7) is 9.98. The highest BCUT2D eigenvalue weighted by molar-refractivity contribution is 5.21. The molecule has 6 nitrogen and oxygen atoms in total. The third-order valence-electron chi connectivity index (χ3n) is 7.30. The number of nitriles is 1. The van der Waals surface area contributed by atoms with Gasteiger partial charge in [-0.3, -0.25) is 0 Å². The minimum Gasteiger partial charge on any atom is -0.388 e. The van der Waals surface area contributed by atoms with Crippen molar-refractivity contribution in [2.75, 3.05) is 0 Å². The molecule has 26 heavy (non-hydrogen) atoms. The lowest BCUT2D eigenvalue weighted by Crippen LogP contribution is -2.70. The second-order valence-electron chi connectivity index (χ2n) is 8.83. The van der Waals surface area contributed by atoms with E-state index in [-0.39, 0.29) is 23.5 Å². The molecule has 6 heteroatoms. The first kappa shape index (κ1) is 18.4. The topological polar surface area (TPSA) is 80.9 Å². The lowest BCUT2D eigenvalue weighted by molar-refractivity contribution is -0.571. The van der Waals surface area contributed by atoms with Gasteiger partial charge >= 0.3 is 0 Å². The molecule has 5 rings (SSSR count). The Kier molecular flexibility index (Phi) is 4.45. The van der Waals surface area contributed by atoms with Crippen LogP contribution in [0.25, 0.3) is 0 Å². The number of hydrogen-bond acceptors (Lipinski definition) is 6. The Morgan fingerprint density at radius 1 is 1.27 bits per heavy atom. The smallest absolute Gasteiger partial charge is 0.201 e. The summed E-state index contributed by atoms with van der Waals surface area (Å²) in [4.78, 5) is 11.9. The van der Waals surface area contributed by atoms with Crippen molar-refractivity contribution in [3.8, 4) is 6.07 Å². The Morgan fingerprint density at radius 2 is 2.04 bits per heavy atom. The lowest BCUT2D eigenvalue weighted by Gasteiger charge is -2.60. The van der Waals surface area contributed by atoms with Gasteiger partial charge in [0, 0.05) is 18.8 Å². The maximum Gasteiger partial charge on any atom is 0.201 e. The molecule has 0 unspecified atom stereocenters. The highest BCUT2D eigenvalue weighted by Crippen LogP contribution is 2.60. The molecule has 0 aromatic rings. The summed E-state index contributed by atoms with van der Waals surface area (Å²) >= 11 is 0. The SMILES string of the molecule is C=C(C#N)[C@H](O)C[C@H]1O[C@@H]2O[C@@]3(C)CC[C@H]4[C@H](C)CC[C@@H]([C@H]1C)[C@@]24OO3. The molecule has 144 valence electrons. The molecule has 0 aromatic heterocycles. The van der Waals surface area contributed by atoms with Crippen LogP contribution in [-0.4, -0.2) is 35.0 Å². The molecule has 1 aliphatic carbocycles. The summed E-state index contributed by atoms with van der Waals surface area (Å²) in [6.07, 6.45) is 2.68. The molecular weight excluding hydrogens is 334 g/mol. The van der Waals surface area contributed by atoms with Crippen molar-refractivity contribution in [2.24, 2.45) is 23.7 Å². The first-order chi connectivity index (χ1) is 12.3. The van der Waals surface area contributed by atoms with Crippen LogP contribution in [0.5, 0.6) is 0 Å². The molecule has 5 aliphatic rings. The monoisotopic (exact) mass is 363 g/mol. The third kappa shape index (κ3) is 2.56. The van der Waals surface area contributed by atoms with Crippen LogP contribution in [0.3, 0.4) is 0 Å². The number of ether oxygens (including phenoxy) is 2. The summed E-state index contributed by atoms with van der Waals surface area (Å²) in [5.41, 5.74) is -0.410. The molecule has 0 amide bonds. The van der Waals surface area contributed by atoms with E-state index in [1.54, 1.807) is 0 Å². The summed E-state index contributed by atoms with van der Waals surface area (Å²) < 4.78 is 12.7. The number of aliphatic hydroxyl groups is 1. The highest BCUT2D eigenvalue weighted by atomic mass is 17.3.